The van der Waals surface area contributed by atoms with Gasteiger partial charge in [0.2, 0.25) is 0 Å². The molecule has 0 fully saturated rings. The van der Waals surface area contributed by atoms with E-state index in [1.807, 2.05) is 21.1 Å². The summed E-state index contributed by atoms with van der Waals surface area (Å²) in [5.74, 6) is -0.826. The van der Waals surface area contributed by atoms with Crippen LogP contribution in [0.15, 0.2) is 170 Å². The molecule has 0 aromatic rings. The third kappa shape index (κ3) is 68.5. The highest BCUT2D eigenvalue weighted by Crippen LogP contribution is 2.43. The molecule has 9 nitrogen and oxygen atoms in total. The first kappa shape index (κ1) is 81.4. The second-order valence-electron chi connectivity index (χ2n) is 23.1. The number of carbonyl (C=O) groups excluding carboxylic acids is 2. The Morgan fingerprint density at radius 1 is 0.360 bits per heavy atom. The molecular formula is C76H125NO8P+. The van der Waals surface area contributed by atoms with Crippen molar-refractivity contribution in [2.45, 2.75) is 251 Å². The average Bonchev–Trinajstić information content (AvgIpc) is 3.67. The fourth-order valence-corrected chi connectivity index (χ4v) is 9.36. The number of quaternary nitrogens is 1. The van der Waals surface area contributed by atoms with E-state index >= 15 is 0 Å². The monoisotopic (exact) mass is 1210 g/mol. The Labute approximate surface area is 528 Å². The number of rotatable bonds is 60. The fraction of sp³-hybridized carbons (Fsp3) is 0.605. The van der Waals surface area contributed by atoms with Crippen LogP contribution in [0.2, 0.25) is 0 Å². The van der Waals surface area contributed by atoms with Gasteiger partial charge in [0.25, 0.3) is 0 Å². The molecule has 0 aromatic carbocycles. The van der Waals surface area contributed by atoms with Crippen molar-refractivity contribution in [1.82, 2.24) is 0 Å². The molecule has 2 atom stereocenters. The van der Waals surface area contributed by atoms with Gasteiger partial charge in [-0.25, -0.2) is 4.57 Å². The summed E-state index contributed by atoms with van der Waals surface area (Å²) in [5.41, 5.74) is 0. The number of hydrogen-bond acceptors (Lipinski definition) is 7. The van der Waals surface area contributed by atoms with Gasteiger partial charge in [0.05, 0.1) is 27.7 Å². The van der Waals surface area contributed by atoms with Crippen LogP contribution in [0.4, 0.5) is 0 Å². The Kier molecular flexibility index (Phi) is 61.3. The van der Waals surface area contributed by atoms with Crippen molar-refractivity contribution in [2.24, 2.45) is 0 Å². The maximum atomic E-state index is 12.9. The molecule has 0 amide bonds. The molecule has 0 radical (unpaired) electrons. The van der Waals surface area contributed by atoms with Gasteiger partial charge < -0.3 is 18.9 Å². The topological polar surface area (TPSA) is 108 Å². The molecular weight excluding hydrogens is 1090 g/mol. The van der Waals surface area contributed by atoms with Gasteiger partial charge in [-0.05, 0) is 128 Å². The number of carbonyl (C=O) groups is 2. The van der Waals surface area contributed by atoms with Crippen molar-refractivity contribution >= 4 is 19.8 Å². The predicted octanol–water partition coefficient (Wildman–Crippen LogP) is 22.2. The van der Waals surface area contributed by atoms with E-state index in [9.17, 15) is 19.0 Å². The predicted molar refractivity (Wildman–Crippen MR) is 371 cm³/mol. The van der Waals surface area contributed by atoms with Crippen molar-refractivity contribution < 1.29 is 42.1 Å². The second-order valence-corrected chi connectivity index (χ2v) is 24.5. The van der Waals surface area contributed by atoms with Crippen molar-refractivity contribution in [3.63, 3.8) is 0 Å². The van der Waals surface area contributed by atoms with Gasteiger partial charge in [-0.2, -0.15) is 0 Å². The maximum Gasteiger partial charge on any atom is 0.472 e. The minimum Gasteiger partial charge on any atom is -0.462 e. The van der Waals surface area contributed by atoms with Crippen molar-refractivity contribution in [1.29, 1.82) is 0 Å². The van der Waals surface area contributed by atoms with Crippen LogP contribution in [-0.4, -0.2) is 74.9 Å². The van der Waals surface area contributed by atoms with Crippen LogP contribution in [0, 0.1) is 0 Å². The average molecular weight is 1210 g/mol. The zero-order valence-electron chi connectivity index (χ0n) is 55.2. The fourth-order valence-electron chi connectivity index (χ4n) is 8.62. The molecule has 0 rings (SSSR count). The Hall–Kier alpha value is -4.63. The highest BCUT2D eigenvalue weighted by atomic mass is 31.2. The summed E-state index contributed by atoms with van der Waals surface area (Å²) in [4.78, 5) is 35.8. The van der Waals surface area contributed by atoms with E-state index in [1.54, 1.807) is 0 Å². The van der Waals surface area contributed by atoms with E-state index in [0.29, 0.717) is 17.4 Å². The van der Waals surface area contributed by atoms with Crippen molar-refractivity contribution in [3.05, 3.63) is 170 Å². The lowest BCUT2D eigenvalue weighted by atomic mass is 10.0. The number of hydrogen-bond donors (Lipinski definition) is 1. The van der Waals surface area contributed by atoms with Gasteiger partial charge in [-0.15, -0.1) is 0 Å². The van der Waals surface area contributed by atoms with Crippen LogP contribution in [0.5, 0.6) is 0 Å². The number of nitrogens with zero attached hydrogens (tertiary/aromatic N) is 1. The summed E-state index contributed by atoms with van der Waals surface area (Å²) in [5, 5.41) is 0. The molecule has 86 heavy (non-hydrogen) atoms. The van der Waals surface area contributed by atoms with Crippen LogP contribution in [-0.2, 0) is 32.7 Å². The highest BCUT2D eigenvalue weighted by molar-refractivity contribution is 7.47. The van der Waals surface area contributed by atoms with E-state index in [0.717, 1.165) is 148 Å². The lowest BCUT2D eigenvalue weighted by Crippen LogP contribution is -2.37. The van der Waals surface area contributed by atoms with E-state index < -0.39 is 26.5 Å². The van der Waals surface area contributed by atoms with E-state index in [-0.39, 0.29) is 32.0 Å². The van der Waals surface area contributed by atoms with Crippen LogP contribution in [0.1, 0.15) is 245 Å². The first-order valence-electron chi connectivity index (χ1n) is 33.9. The number of phosphoric acid groups is 1. The molecule has 0 heterocycles. The van der Waals surface area contributed by atoms with E-state index in [4.69, 9.17) is 18.5 Å². The molecule has 0 aliphatic rings. The normalized spacial score (nSPS) is 14.3. The number of ether oxygens (including phenoxy) is 2. The molecule has 0 saturated heterocycles. The summed E-state index contributed by atoms with van der Waals surface area (Å²) in [6.07, 6.45) is 98.7. The third-order valence-electron chi connectivity index (χ3n) is 13.7. The first-order valence-corrected chi connectivity index (χ1v) is 35.4. The second kappa shape index (κ2) is 64.8. The van der Waals surface area contributed by atoms with Crippen LogP contribution >= 0.6 is 7.82 Å². The van der Waals surface area contributed by atoms with E-state index in [1.165, 1.54) is 64.2 Å². The number of likely N-dealkylation sites (N-methyl/N-ethyl adjacent to an activating group) is 1. The highest BCUT2D eigenvalue weighted by Gasteiger charge is 2.27. The summed E-state index contributed by atoms with van der Waals surface area (Å²) in [7, 11) is 1.44. The molecule has 0 bridgehead atoms. The smallest absolute Gasteiger partial charge is 0.462 e. The van der Waals surface area contributed by atoms with Gasteiger partial charge in [0.15, 0.2) is 6.10 Å². The molecule has 486 valence electrons. The number of unbranched alkanes of at least 4 members (excludes halogenated alkanes) is 18. The molecule has 0 aromatic heterocycles. The molecule has 0 aliphatic heterocycles. The summed E-state index contributed by atoms with van der Waals surface area (Å²) >= 11 is 0. The lowest BCUT2D eigenvalue weighted by Gasteiger charge is -2.24. The van der Waals surface area contributed by atoms with E-state index in [2.05, 4.69) is 184 Å². The Balaban J connectivity index is 4.18. The zero-order chi connectivity index (χ0) is 62.6. The molecule has 0 saturated carbocycles. The van der Waals surface area contributed by atoms with Gasteiger partial charge >= 0.3 is 19.8 Å². The minimum atomic E-state index is -4.41. The van der Waals surface area contributed by atoms with Crippen LogP contribution in [0.25, 0.3) is 0 Å². The first-order chi connectivity index (χ1) is 42.0. The summed E-state index contributed by atoms with van der Waals surface area (Å²) < 4.78 is 34.7. The molecule has 10 heteroatoms. The summed E-state index contributed by atoms with van der Waals surface area (Å²) in [6, 6.07) is 0. The van der Waals surface area contributed by atoms with Crippen LogP contribution < -0.4 is 0 Å². The zero-order valence-corrected chi connectivity index (χ0v) is 56.1. The Morgan fingerprint density at radius 3 is 0.930 bits per heavy atom. The van der Waals surface area contributed by atoms with Gasteiger partial charge in [-0.1, -0.05) is 274 Å². The SMILES string of the molecule is CC/C=C\C/C=C\C/C=C\C/C=C\C/C=C\C/C=C\C/C=C\C/C=C\C/C=C\C/C=C\CCCCCCCCC(=O)OC(COC(=O)CCCCCCCCCCCCCC/C=C\C/C=C\C/C=C\C/C=C\CC)COP(=O)(O)OCC[N+](C)(C)C. The Bertz CT molecular complexity index is 2060. The number of esters is 2. The van der Waals surface area contributed by atoms with Gasteiger partial charge in [0.1, 0.15) is 19.8 Å². The standard InChI is InChI=1S/C76H124NO8P/c1-6-8-10-12-14-16-18-20-22-24-26-28-30-32-33-34-35-36-37-38-39-40-41-42-43-45-47-49-51-53-55-57-59-61-63-65-67-69-76(79)85-74(73-84-86(80,81)83-71-70-77(3,4)5)72-82-75(78)68-66-64-62-60-58-56-54-52-50-48-46-44-31-29-27-25-23-21-19-17-15-13-11-9-7-2/h8-11,14-17,20-23,26-29,32-33,35-36,38-39,41-42,45,47,51,53,74H,6-7,12-13,18-19,24-25,30-31,34,37,40,43-44,46,48-50,52,54-73H2,1-5H3/p+1/b10-8-,11-9-,16-14-,17-15-,22-20-,23-21-,28-26-,29-27-,33-32-,36-35-,39-38-,42-41-,47-45-,53-51-. The Morgan fingerprint density at radius 2 is 0.628 bits per heavy atom. The van der Waals surface area contributed by atoms with Crippen molar-refractivity contribution in [3.8, 4) is 0 Å². The van der Waals surface area contributed by atoms with Crippen LogP contribution in [0.3, 0.4) is 0 Å². The number of phosphoric ester groups is 1. The molecule has 1 N–H and O–H groups in total. The summed E-state index contributed by atoms with van der Waals surface area (Å²) in [6.45, 7) is 4.18. The van der Waals surface area contributed by atoms with Gasteiger partial charge in [-0.3, -0.25) is 18.6 Å². The third-order valence-corrected chi connectivity index (χ3v) is 14.7. The van der Waals surface area contributed by atoms with Gasteiger partial charge in [0, 0.05) is 12.8 Å². The quantitative estimate of drug-likeness (QED) is 0.0211. The molecule has 0 aliphatic carbocycles. The maximum absolute atomic E-state index is 12.9. The largest absolute Gasteiger partial charge is 0.472 e. The molecule has 0 spiro atoms. The number of allylic oxidation sites excluding steroid dienone is 28. The molecule has 2 unspecified atom stereocenters. The van der Waals surface area contributed by atoms with Crippen molar-refractivity contribution in [2.75, 3.05) is 47.5 Å². The minimum absolute atomic E-state index is 0.0193. The lowest BCUT2D eigenvalue weighted by molar-refractivity contribution is -0.870.